The predicted molar refractivity (Wildman–Crippen MR) is 80.3 cm³/mol. The molecule has 0 aliphatic carbocycles. The first kappa shape index (κ1) is 13.3. The molecule has 6 heteroatoms. The maximum atomic E-state index is 4.45. The van der Waals surface area contributed by atoms with Crippen LogP contribution in [0.1, 0.15) is 17.4 Å². The van der Waals surface area contributed by atoms with Crippen LogP contribution in [0.5, 0.6) is 0 Å². The van der Waals surface area contributed by atoms with Gasteiger partial charge in [-0.15, -0.1) is 11.3 Å². The average molecular weight is 327 g/mol. The van der Waals surface area contributed by atoms with Gasteiger partial charge in [0.05, 0.1) is 6.54 Å². The summed E-state index contributed by atoms with van der Waals surface area (Å²) in [6, 6.07) is 2.05. The van der Waals surface area contributed by atoms with Crippen LogP contribution in [0.15, 0.2) is 22.1 Å². The molecule has 0 fully saturated rings. The summed E-state index contributed by atoms with van der Waals surface area (Å²) in [5.41, 5.74) is 1.05. The van der Waals surface area contributed by atoms with E-state index < -0.39 is 0 Å². The van der Waals surface area contributed by atoms with Gasteiger partial charge in [0, 0.05) is 27.7 Å². The van der Waals surface area contributed by atoms with Gasteiger partial charge in [0.2, 0.25) is 5.95 Å². The first-order chi connectivity index (χ1) is 8.70. The van der Waals surface area contributed by atoms with Gasteiger partial charge >= 0.3 is 0 Å². The highest BCUT2D eigenvalue weighted by Crippen LogP contribution is 2.24. The Morgan fingerprint density at radius 1 is 1.39 bits per heavy atom. The Labute approximate surface area is 119 Å². The van der Waals surface area contributed by atoms with Gasteiger partial charge in [-0.2, -0.15) is 4.98 Å². The van der Waals surface area contributed by atoms with Crippen molar-refractivity contribution in [2.75, 3.05) is 17.2 Å². The van der Waals surface area contributed by atoms with Crippen LogP contribution in [0.4, 0.5) is 11.8 Å². The summed E-state index contributed by atoms with van der Waals surface area (Å²) in [5, 5.41) is 8.52. The topological polar surface area (TPSA) is 49.8 Å². The maximum Gasteiger partial charge on any atom is 0.224 e. The Balaban J connectivity index is 2.08. The zero-order chi connectivity index (χ0) is 13.0. The van der Waals surface area contributed by atoms with Gasteiger partial charge in [-0.1, -0.05) is 0 Å². The van der Waals surface area contributed by atoms with Crippen LogP contribution in [-0.2, 0) is 6.54 Å². The van der Waals surface area contributed by atoms with Gasteiger partial charge in [0.15, 0.2) is 0 Å². The fraction of sp³-hybridized carbons (Fsp3) is 0.333. The first-order valence-corrected chi connectivity index (χ1v) is 7.41. The van der Waals surface area contributed by atoms with Crippen molar-refractivity contribution in [3.8, 4) is 0 Å². The average Bonchev–Trinajstić information content (AvgIpc) is 2.76. The molecule has 4 nitrogen and oxygen atoms in total. The minimum Gasteiger partial charge on any atom is -0.365 e. The summed E-state index contributed by atoms with van der Waals surface area (Å²) >= 11 is 5.24. The van der Waals surface area contributed by atoms with Gasteiger partial charge < -0.3 is 10.6 Å². The maximum absolute atomic E-state index is 4.45. The third kappa shape index (κ3) is 3.20. The lowest BCUT2D eigenvalue weighted by Crippen LogP contribution is -2.07. The zero-order valence-corrected chi connectivity index (χ0v) is 12.7. The highest BCUT2D eigenvalue weighted by atomic mass is 79.9. The van der Waals surface area contributed by atoms with Crippen LogP contribution in [0.25, 0.3) is 0 Å². The molecule has 2 aromatic heterocycles. The van der Waals surface area contributed by atoms with E-state index in [0.29, 0.717) is 5.95 Å². The molecule has 18 heavy (non-hydrogen) atoms. The molecular weight excluding hydrogens is 312 g/mol. The number of thiophene rings is 1. The molecule has 0 unspecified atom stereocenters. The second-order valence-electron chi connectivity index (χ2n) is 3.80. The number of aromatic nitrogens is 2. The number of anilines is 2. The summed E-state index contributed by atoms with van der Waals surface area (Å²) in [7, 11) is 0. The normalized spacial score (nSPS) is 10.4. The fourth-order valence-corrected chi connectivity index (χ4v) is 2.91. The number of halogens is 1. The number of nitrogens with one attached hydrogen (secondary N) is 2. The highest BCUT2D eigenvalue weighted by Gasteiger charge is 2.05. The van der Waals surface area contributed by atoms with Crippen LogP contribution < -0.4 is 10.6 Å². The van der Waals surface area contributed by atoms with Gasteiger partial charge in [-0.05, 0) is 41.2 Å². The number of rotatable bonds is 5. The Morgan fingerprint density at radius 2 is 2.22 bits per heavy atom. The third-order valence-electron chi connectivity index (χ3n) is 2.41. The molecular formula is C12H15BrN4S. The highest BCUT2D eigenvalue weighted by molar-refractivity contribution is 9.10. The van der Waals surface area contributed by atoms with Gasteiger partial charge in [0.25, 0.3) is 0 Å². The third-order valence-corrected chi connectivity index (χ3v) is 4.34. The Bertz CT molecular complexity index is 527. The van der Waals surface area contributed by atoms with E-state index in [9.17, 15) is 0 Å². The summed E-state index contributed by atoms with van der Waals surface area (Å²) in [6.45, 7) is 5.61. The Morgan fingerprint density at radius 3 is 2.89 bits per heavy atom. The van der Waals surface area contributed by atoms with Crippen molar-refractivity contribution in [2.24, 2.45) is 0 Å². The van der Waals surface area contributed by atoms with Crippen LogP contribution in [-0.4, -0.2) is 16.5 Å². The molecule has 2 N–H and O–H groups in total. The quantitative estimate of drug-likeness (QED) is 0.880. The van der Waals surface area contributed by atoms with E-state index >= 15 is 0 Å². The van der Waals surface area contributed by atoms with Crippen LogP contribution in [0.3, 0.4) is 0 Å². The second kappa shape index (κ2) is 6.15. The van der Waals surface area contributed by atoms with Crippen LogP contribution >= 0.6 is 27.3 Å². The zero-order valence-electron chi connectivity index (χ0n) is 10.3. The lowest BCUT2D eigenvalue weighted by atomic mass is 10.3. The lowest BCUT2D eigenvalue weighted by Gasteiger charge is -2.09. The molecule has 0 atom stereocenters. The van der Waals surface area contributed by atoms with E-state index in [1.807, 2.05) is 20.0 Å². The molecule has 0 aliphatic rings. The van der Waals surface area contributed by atoms with Crippen molar-refractivity contribution in [1.29, 1.82) is 0 Å². The second-order valence-corrected chi connectivity index (χ2v) is 5.66. The molecule has 0 amide bonds. The minimum absolute atomic E-state index is 0.663. The smallest absolute Gasteiger partial charge is 0.224 e. The fourth-order valence-electron chi connectivity index (χ4n) is 1.48. The number of hydrogen-bond acceptors (Lipinski definition) is 5. The Hall–Kier alpha value is -1.14. The summed E-state index contributed by atoms with van der Waals surface area (Å²) in [4.78, 5) is 9.93. The Kier molecular flexibility index (Phi) is 4.54. The number of aryl methyl sites for hydroxylation is 1. The molecule has 0 aliphatic heterocycles. The van der Waals surface area contributed by atoms with E-state index in [2.05, 4.69) is 48.0 Å². The van der Waals surface area contributed by atoms with E-state index in [1.54, 1.807) is 11.3 Å². The van der Waals surface area contributed by atoms with Crippen LogP contribution in [0, 0.1) is 6.92 Å². The molecule has 0 spiro atoms. The van der Waals surface area contributed by atoms with Crippen molar-refractivity contribution in [1.82, 2.24) is 9.97 Å². The minimum atomic E-state index is 0.663. The summed E-state index contributed by atoms with van der Waals surface area (Å²) < 4.78 is 1.14. The molecule has 0 bridgehead atoms. The van der Waals surface area contributed by atoms with E-state index in [1.165, 1.54) is 4.88 Å². The lowest BCUT2D eigenvalue weighted by molar-refractivity contribution is 1.04. The number of hydrogen-bond donors (Lipinski definition) is 2. The number of nitrogens with zero attached hydrogens (tertiary/aromatic N) is 2. The van der Waals surface area contributed by atoms with Gasteiger partial charge in [0.1, 0.15) is 5.82 Å². The van der Waals surface area contributed by atoms with E-state index in [-0.39, 0.29) is 0 Å². The molecule has 96 valence electrons. The molecule has 0 saturated heterocycles. The SMILES string of the molecule is CCNc1ncc(C)c(NCc2sccc2Br)n1. The van der Waals surface area contributed by atoms with Crippen molar-refractivity contribution >= 4 is 39.0 Å². The molecule has 2 heterocycles. The summed E-state index contributed by atoms with van der Waals surface area (Å²) in [5.74, 6) is 1.54. The molecule has 2 rings (SSSR count). The van der Waals surface area contributed by atoms with Crippen molar-refractivity contribution < 1.29 is 0 Å². The molecule has 0 radical (unpaired) electrons. The summed E-state index contributed by atoms with van der Waals surface area (Å²) in [6.07, 6.45) is 1.83. The standard InChI is InChI=1S/C12H15BrN4S/c1-3-14-12-16-6-8(2)11(17-12)15-7-10-9(13)4-5-18-10/h4-6H,3,7H2,1-2H3,(H2,14,15,16,17). The van der Waals surface area contributed by atoms with Gasteiger partial charge in [-0.3, -0.25) is 0 Å². The monoisotopic (exact) mass is 326 g/mol. The first-order valence-electron chi connectivity index (χ1n) is 5.74. The largest absolute Gasteiger partial charge is 0.365 e. The van der Waals surface area contributed by atoms with E-state index in [0.717, 1.165) is 28.9 Å². The van der Waals surface area contributed by atoms with Gasteiger partial charge in [-0.25, -0.2) is 4.98 Å². The van der Waals surface area contributed by atoms with Crippen LogP contribution in [0.2, 0.25) is 0 Å². The van der Waals surface area contributed by atoms with Crippen molar-refractivity contribution in [3.05, 3.63) is 32.6 Å². The van der Waals surface area contributed by atoms with E-state index in [4.69, 9.17) is 0 Å². The molecule has 2 aromatic rings. The predicted octanol–water partition coefficient (Wildman–Crippen LogP) is 3.65. The van der Waals surface area contributed by atoms with Crippen molar-refractivity contribution in [3.63, 3.8) is 0 Å². The molecule has 0 aromatic carbocycles. The van der Waals surface area contributed by atoms with Crippen molar-refractivity contribution in [2.45, 2.75) is 20.4 Å². The molecule has 0 saturated carbocycles.